The van der Waals surface area contributed by atoms with Crippen molar-refractivity contribution >= 4 is 11.3 Å². The van der Waals surface area contributed by atoms with Crippen molar-refractivity contribution in [2.75, 3.05) is 0 Å². The average Bonchev–Trinajstić information content (AvgIpc) is 2.79. The number of aryl methyl sites for hydroxylation is 1. The Hall–Kier alpha value is -1.26. The highest BCUT2D eigenvalue weighted by molar-refractivity contribution is 7.15. The molecule has 0 atom stereocenters. The number of nitrogens with one attached hydrogen (secondary N) is 1. The van der Waals surface area contributed by atoms with Crippen LogP contribution in [0.5, 0.6) is 0 Å². The first kappa shape index (κ1) is 16.1. The molecule has 0 radical (unpaired) electrons. The van der Waals surface area contributed by atoms with E-state index in [0.717, 1.165) is 28.4 Å². The van der Waals surface area contributed by atoms with Crippen LogP contribution in [0.15, 0.2) is 18.2 Å². The first-order valence-corrected chi connectivity index (χ1v) is 8.19. The van der Waals surface area contributed by atoms with E-state index in [1.807, 2.05) is 13.0 Å². The van der Waals surface area contributed by atoms with Gasteiger partial charge in [-0.15, -0.1) is 11.3 Å². The topological polar surface area (TPSA) is 24.9 Å². The summed E-state index contributed by atoms with van der Waals surface area (Å²) in [6.45, 7) is 11.3. The van der Waals surface area contributed by atoms with Crippen molar-refractivity contribution in [3.05, 3.63) is 40.2 Å². The molecule has 0 fully saturated rings. The maximum atomic E-state index is 13.6. The van der Waals surface area contributed by atoms with Crippen LogP contribution in [0.1, 0.15) is 49.7 Å². The standard InChI is InChI=1S/C17H23FN2S/c1-10(2)16-15(9-19-11(3)4)21-17(20-16)13-6-12(5)7-14(18)8-13/h6-8,10-11,19H,9H2,1-5H3. The number of halogens is 1. The van der Waals surface area contributed by atoms with Crippen molar-refractivity contribution in [1.82, 2.24) is 10.3 Å². The molecule has 4 heteroatoms. The molecule has 0 aliphatic heterocycles. The number of nitrogens with zero attached hydrogens (tertiary/aromatic N) is 1. The molecule has 1 N–H and O–H groups in total. The van der Waals surface area contributed by atoms with Gasteiger partial charge >= 0.3 is 0 Å². The van der Waals surface area contributed by atoms with Crippen LogP contribution in [-0.4, -0.2) is 11.0 Å². The minimum atomic E-state index is -0.201. The van der Waals surface area contributed by atoms with Crippen molar-refractivity contribution in [2.45, 2.75) is 53.1 Å². The van der Waals surface area contributed by atoms with Gasteiger partial charge in [0.05, 0.1) is 5.69 Å². The largest absolute Gasteiger partial charge is 0.310 e. The predicted molar refractivity (Wildman–Crippen MR) is 88.3 cm³/mol. The Bertz CT molecular complexity index is 597. The van der Waals surface area contributed by atoms with Crippen LogP contribution >= 0.6 is 11.3 Å². The second-order valence-corrected chi connectivity index (χ2v) is 7.12. The molecule has 114 valence electrons. The van der Waals surface area contributed by atoms with E-state index in [1.165, 1.54) is 4.88 Å². The summed E-state index contributed by atoms with van der Waals surface area (Å²) < 4.78 is 13.6. The lowest BCUT2D eigenvalue weighted by Crippen LogP contribution is -2.22. The highest BCUT2D eigenvalue weighted by Gasteiger charge is 2.16. The highest BCUT2D eigenvalue weighted by Crippen LogP contribution is 2.32. The van der Waals surface area contributed by atoms with Crippen LogP contribution in [0.3, 0.4) is 0 Å². The monoisotopic (exact) mass is 306 g/mol. The number of benzene rings is 1. The molecule has 1 heterocycles. The number of aromatic nitrogens is 1. The number of hydrogen-bond acceptors (Lipinski definition) is 3. The molecule has 2 rings (SSSR count). The van der Waals surface area contributed by atoms with Gasteiger partial charge in [-0.3, -0.25) is 0 Å². The van der Waals surface area contributed by atoms with Crippen LogP contribution in [0.25, 0.3) is 10.6 Å². The van der Waals surface area contributed by atoms with Gasteiger partial charge in [0.25, 0.3) is 0 Å². The van der Waals surface area contributed by atoms with E-state index in [2.05, 4.69) is 33.0 Å². The Morgan fingerprint density at radius 2 is 1.90 bits per heavy atom. The maximum absolute atomic E-state index is 13.6. The summed E-state index contributed by atoms with van der Waals surface area (Å²) in [5.74, 6) is 0.168. The minimum Gasteiger partial charge on any atom is -0.310 e. The lowest BCUT2D eigenvalue weighted by molar-refractivity contribution is 0.588. The van der Waals surface area contributed by atoms with Gasteiger partial charge in [0.15, 0.2) is 0 Å². The zero-order valence-electron chi connectivity index (χ0n) is 13.3. The van der Waals surface area contributed by atoms with Crippen LogP contribution in [0.2, 0.25) is 0 Å². The fraction of sp³-hybridized carbons (Fsp3) is 0.471. The van der Waals surface area contributed by atoms with Gasteiger partial charge in [-0.2, -0.15) is 0 Å². The second-order valence-electron chi connectivity index (χ2n) is 6.03. The number of rotatable bonds is 5. The second kappa shape index (κ2) is 6.67. The molecule has 0 amide bonds. The number of thiazole rings is 1. The van der Waals surface area contributed by atoms with E-state index < -0.39 is 0 Å². The Balaban J connectivity index is 2.38. The van der Waals surface area contributed by atoms with Crippen molar-refractivity contribution in [3.63, 3.8) is 0 Å². The zero-order valence-corrected chi connectivity index (χ0v) is 14.1. The fourth-order valence-corrected chi connectivity index (χ4v) is 3.38. The van der Waals surface area contributed by atoms with Crippen LogP contribution in [0, 0.1) is 12.7 Å². The maximum Gasteiger partial charge on any atom is 0.124 e. The molecule has 0 unspecified atom stereocenters. The van der Waals surface area contributed by atoms with Gasteiger partial charge < -0.3 is 5.32 Å². The molecular formula is C17H23FN2S. The summed E-state index contributed by atoms with van der Waals surface area (Å²) in [7, 11) is 0. The molecule has 0 bridgehead atoms. The third-order valence-electron chi connectivity index (χ3n) is 3.23. The first-order chi connectivity index (χ1) is 9.86. The zero-order chi connectivity index (χ0) is 15.6. The van der Waals surface area contributed by atoms with Gasteiger partial charge in [-0.1, -0.05) is 27.7 Å². The van der Waals surface area contributed by atoms with E-state index in [-0.39, 0.29) is 5.82 Å². The molecule has 0 aliphatic rings. The molecule has 1 aromatic heterocycles. The van der Waals surface area contributed by atoms with Crippen molar-refractivity contribution in [2.24, 2.45) is 0 Å². The summed E-state index contributed by atoms with van der Waals surface area (Å²) >= 11 is 1.66. The van der Waals surface area contributed by atoms with Crippen molar-refractivity contribution < 1.29 is 4.39 Å². The Morgan fingerprint density at radius 1 is 1.19 bits per heavy atom. The third kappa shape index (κ3) is 4.11. The van der Waals surface area contributed by atoms with Crippen LogP contribution in [-0.2, 0) is 6.54 Å². The summed E-state index contributed by atoms with van der Waals surface area (Å²) in [4.78, 5) is 6.00. The van der Waals surface area contributed by atoms with Gasteiger partial charge in [0.2, 0.25) is 0 Å². The smallest absolute Gasteiger partial charge is 0.124 e. The van der Waals surface area contributed by atoms with E-state index in [9.17, 15) is 4.39 Å². The molecule has 2 aromatic rings. The molecule has 2 nitrogen and oxygen atoms in total. The Kier molecular flexibility index (Phi) is 5.12. The minimum absolute atomic E-state index is 0.201. The van der Waals surface area contributed by atoms with Gasteiger partial charge in [-0.25, -0.2) is 9.37 Å². The van der Waals surface area contributed by atoms with Crippen LogP contribution in [0.4, 0.5) is 4.39 Å². The number of hydrogen-bond donors (Lipinski definition) is 1. The Labute approximate surface area is 130 Å². The normalized spacial score (nSPS) is 11.6. The third-order valence-corrected chi connectivity index (χ3v) is 4.35. The molecule has 21 heavy (non-hydrogen) atoms. The predicted octanol–water partition coefficient (Wildman–Crippen LogP) is 4.88. The van der Waals surface area contributed by atoms with E-state index in [0.29, 0.717) is 12.0 Å². The van der Waals surface area contributed by atoms with Crippen molar-refractivity contribution in [3.8, 4) is 10.6 Å². The molecule has 0 saturated carbocycles. The van der Waals surface area contributed by atoms with E-state index >= 15 is 0 Å². The fourth-order valence-electron chi connectivity index (χ4n) is 2.22. The summed E-state index contributed by atoms with van der Waals surface area (Å²) in [6, 6.07) is 5.54. The van der Waals surface area contributed by atoms with Crippen molar-refractivity contribution in [1.29, 1.82) is 0 Å². The molecule has 0 aliphatic carbocycles. The first-order valence-electron chi connectivity index (χ1n) is 7.37. The molecule has 1 aromatic carbocycles. The molecule has 0 saturated heterocycles. The summed E-state index contributed by atoms with van der Waals surface area (Å²) in [5.41, 5.74) is 2.91. The molecular weight excluding hydrogens is 283 g/mol. The van der Waals surface area contributed by atoms with E-state index in [1.54, 1.807) is 23.5 Å². The SMILES string of the molecule is Cc1cc(F)cc(-c2nc(C(C)C)c(CNC(C)C)s2)c1. The average molecular weight is 306 g/mol. The Morgan fingerprint density at radius 3 is 2.48 bits per heavy atom. The lowest BCUT2D eigenvalue weighted by atomic mass is 10.1. The van der Waals surface area contributed by atoms with Gasteiger partial charge in [-0.05, 0) is 36.6 Å². The van der Waals surface area contributed by atoms with E-state index in [4.69, 9.17) is 4.98 Å². The van der Waals surface area contributed by atoms with Crippen LogP contribution < -0.4 is 5.32 Å². The summed E-state index contributed by atoms with van der Waals surface area (Å²) in [6.07, 6.45) is 0. The van der Waals surface area contributed by atoms with Gasteiger partial charge in [0, 0.05) is 23.0 Å². The molecule has 0 spiro atoms. The quantitative estimate of drug-likeness (QED) is 0.851. The van der Waals surface area contributed by atoms with Gasteiger partial charge in [0.1, 0.15) is 10.8 Å². The summed E-state index contributed by atoms with van der Waals surface area (Å²) in [5, 5.41) is 4.35. The highest BCUT2D eigenvalue weighted by atomic mass is 32.1. The lowest BCUT2D eigenvalue weighted by Gasteiger charge is -2.09.